The van der Waals surface area contributed by atoms with E-state index in [9.17, 15) is 0 Å². The zero-order valence-electron chi connectivity index (χ0n) is 10.2. The number of hydrogen-bond donors (Lipinski definition) is 1. The van der Waals surface area contributed by atoms with E-state index in [1.165, 1.54) is 0 Å². The van der Waals surface area contributed by atoms with Crippen LogP contribution in [0.5, 0.6) is 0 Å². The van der Waals surface area contributed by atoms with Gasteiger partial charge in [0.05, 0.1) is 0 Å². The molecule has 0 aliphatic rings. The van der Waals surface area contributed by atoms with Crippen molar-refractivity contribution in [2.24, 2.45) is 0 Å². The Labute approximate surface area is 113 Å². The van der Waals surface area contributed by atoms with Gasteiger partial charge in [0.2, 0.25) is 0 Å². The van der Waals surface area contributed by atoms with E-state index in [2.05, 4.69) is 17.3 Å². The smallest absolute Gasteiger partial charge is 0.0438 e. The number of benzene rings is 2. The normalized spacial score (nSPS) is 9.83. The quantitative estimate of drug-likeness (QED) is 0.809. The Morgan fingerprint density at radius 2 is 2.06 bits per heavy atom. The molecule has 0 radical (unpaired) electrons. The summed E-state index contributed by atoms with van der Waals surface area (Å²) in [5.74, 6) is 2.62. The van der Waals surface area contributed by atoms with E-state index in [1.807, 2.05) is 43.3 Å². The first-order chi connectivity index (χ1) is 8.69. The van der Waals surface area contributed by atoms with Crippen molar-refractivity contribution in [2.45, 2.75) is 13.5 Å². The minimum atomic E-state index is 0.730. The van der Waals surface area contributed by atoms with E-state index >= 15 is 0 Å². The van der Waals surface area contributed by atoms with Crippen molar-refractivity contribution in [3.8, 4) is 12.3 Å². The monoisotopic (exact) mass is 255 g/mol. The molecule has 0 aliphatic heterocycles. The third-order valence-corrected chi connectivity index (χ3v) is 3.17. The van der Waals surface area contributed by atoms with Crippen LogP contribution < -0.4 is 5.32 Å². The minimum absolute atomic E-state index is 0.730. The van der Waals surface area contributed by atoms with E-state index in [4.69, 9.17) is 18.0 Å². The molecule has 2 rings (SSSR count). The predicted molar refractivity (Wildman–Crippen MR) is 77.9 cm³/mol. The van der Waals surface area contributed by atoms with Crippen molar-refractivity contribution in [1.29, 1.82) is 0 Å². The van der Waals surface area contributed by atoms with E-state index in [-0.39, 0.29) is 0 Å². The van der Waals surface area contributed by atoms with E-state index in [0.717, 1.165) is 33.9 Å². The molecule has 0 amide bonds. The van der Waals surface area contributed by atoms with Crippen molar-refractivity contribution in [1.82, 2.24) is 0 Å². The topological polar surface area (TPSA) is 12.0 Å². The fourth-order valence-corrected chi connectivity index (χ4v) is 1.87. The van der Waals surface area contributed by atoms with Crippen LogP contribution in [0.1, 0.15) is 16.7 Å². The molecule has 0 bridgehead atoms. The number of aryl methyl sites for hydroxylation is 1. The molecular formula is C16H14ClN. The summed E-state index contributed by atoms with van der Waals surface area (Å²) in [6, 6.07) is 13.9. The van der Waals surface area contributed by atoms with Crippen molar-refractivity contribution in [2.75, 3.05) is 5.32 Å². The lowest BCUT2D eigenvalue weighted by molar-refractivity contribution is 1.14. The van der Waals surface area contributed by atoms with Crippen LogP contribution in [0.3, 0.4) is 0 Å². The summed E-state index contributed by atoms with van der Waals surface area (Å²) in [6.07, 6.45) is 5.37. The maximum absolute atomic E-state index is 6.09. The number of hydrogen-bond acceptors (Lipinski definition) is 1. The molecule has 0 unspecified atom stereocenters. The fraction of sp³-hybridized carbons (Fsp3) is 0.125. The summed E-state index contributed by atoms with van der Waals surface area (Å²) >= 11 is 6.09. The first-order valence-corrected chi connectivity index (χ1v) is 6.12. The molecule has 90 valence electrons. The second-order valence-electron chi connectivity index (χ2n) is 4.16. The largest absolute Gasteiger partial charge is 0.381 e. The molecule has 2 aromatic carbocycles. The van der Waals surface area contributed by atoms with Crippen LogP contribution in [0.4, 0.5) is 5.69 Å². The lowest BCUT2D eigenvalue weighted by Crippen LogP contribution is -1.99. The Hall–Kier alpha value is -1.91. The van der Waals surface area contributed by atoms with Gasteiger partial charge in [0, 0.05) is 22.8 Å². The lowest BCUT2D eigenvalue weighted by atomic mass is 10.1. The number of rotatable bonds is 3. The average molecular weight is 256 g/mol. The molecule has 0 heterocycles. The van der Waals surface area contributed by atoms with Crippen LogP contribution in [-0.2, 0) is 6.54 Å². The molecule has 0 atom stereocenters. The summed E-state index contributed by atoms with van der Waals surface area (Å²) < 4.78 is 0. The third kappa shape index (κ3) is 3.06. The van der Waals surface area contributed by atoms with Gasteiger partial charge in [-0.1, -0.05) is 35.7 Å². The van der Waals surface area contributed by atoms with Crippen molar-refractivity contribution in [3.05, 3.63) is 64.2 Å². The molecule has 1 N–H and O–H groups in total. The predicted octanol–water partition coefficient (Wildman–Crippen LogP) is 4.24. The zero-order valence-corrected chi connectivity index (χ0v) is 11.0. The molecule has 0 aromatic heterocycles. The lowest BCUT2D eigenvalue weighted by Gasteiger charge is -2.08. The molecule has 18 heavy (non-hydrogen) atoms. The van der Waals surface area contributed by atoms with Gasteiger partial charge in [0.15, 0.2) is 0 Å². The van der Waals surface area contributed by atoms with Crippen molar-refractivity contribution >= 4 is 17.3 Å². The van der Waals surface area contributed by atoms with E-state index in [0.29, 0.717) is 0 Å². The van der Waals surface area contributed by atoms with Crippen molar-refractivity contribution in [3.63, 3.8) is 0 Å². The molecule has 2 heteroatoms. The first kappa shape index (κ1) is 12.5. The van der Waals surface area contributed by atoms with Crippen LogP contribution in [0.2, 0.25) is 5.02 Å². The van der Waals surface area contributed by atoms with Gasteiger partial charge < -0.3 is 5.32 Å². The summed E-state index contributed by atoms with van der Waals surface area (Å²) in [5, 5.41) is 4.13. The molecule has 0 saturated carbocycles. The van der Waals surface area contributed by atoms with Gasteiger partial charge in [-0.25, -0.2) is 0 Å². The average Bonchev–Trinajstić information content (AvgIpc) is 2.40. The number of anilines is 1. The Kier molecular flexibility index (Phi) is 3.92. The summed E-state index contributed by atoms with van der Waals surface area (Å²) in [7, 11) is 0. The van der Waals surface area contributed by atoms with Gasteiger partial charge >= 0.3 is 0 Å². The van der Waals surface area contributed by atoms with Crippen molar-refractivity contribution < 1.29 is 0 Å². The second kappa shape index (κ2) is 5.62. The maximum Gasteiger partial charge on any atom is 0.0438 e. The fourth-order valence-electron chi connectivity index (χ4n) is 1.67. The standard InChI is InChI=1S/C16H14ClN/c1-3-13-5-4-6-15(9-13)18-11-14-8-7-12(2)16(17)10-14/h1,4-10,18H,11H2,2H3. The maximum atomic E-state index is 6.09. The highest BCUT2D eigenvalue weighted by Crippen LogP contribution is 2.18. The summed E-state index contributed by atoms with van der Waals surface area (Å²) in [4.78, 5) is 0. The second-order valence-corrected chi connectivity index (χ2v) is 4.57. The Bertz CT molecular complexity index is 596. The van der Waals surface area contributed by atoms with Crippen LogP contribution in [-0.4, -0.2) is 0 Å². The number of terminal acetylenes is 1. The molecule has 0 saturated heterocycles. The Morgan fingerprint density at radius 3 is 2.78 bits per heavy atom. The van der Waals surface area contributed by atoms with Gasteiger partial charge in [-0.2, -0.15) is 0 Å². The number of halogens is 1. The Morgan fingerprint density at radius 1 is 1.22 bits per heavy atom. The molecule has 1 nitrogen and oxygen atoms in total. The van der Waals surface area contributed by atoms with Crippen LogP contribution in [0, 0.1) is 19.3 Å². The van der Waals surface area contributed by atoms with Gasteiger partial charge in [0.1, 0.15) is 0 Å². The van der Waals surface area contributed by atoms with Crippen LogP contribution in [0.15, 0.2) is 42.5 Å². The van der Waals surface area contributed by atoms with Crippen LogP contribution in [0.25, 0.3) is 0 Å². The van der Waals surface area contributed by atoms with Gasteiger partial charge in [0.25, 0.3) is 0 Å². The van der Waals surface area contributed by atoms with Crippen LogP contribution >= 0.6 is 11.6 Å². The third-order valence-electron chi connectivity index (χ3n) is 2.76. The SMILES string of the molecule is C#Cc1cccc(NCc2ccc(C)c(Cl)c2)c1. The van der Waals surface area contributed by atoms with Gasteiger partial charge in [-0.05, 0) is 42.3 Å². The summed E-state index contributed by atoms with van der Waals surface area (Å²) in [5.41, 5.74) is 4.13. The first-order valence-electron chi connectivity index (χ1n) is 5.74. The minimum Gasteiger partial charge on any atom is -0.381 e. The molecule has 0 spiro atoms. The zero-order chi connectivity index (χ0) is 13.0. The highest BCUT2D eigenvalue weighted by atomic mass is 35.5. The highest BCUT2D eigenvalue weighted by Gasteiger charge is 1.98. The molecule has 2 aromatic rings. The highest BCUT2D eigenvalue weighted by molar-refractivity contribution is 6.31. The number of nitrogens with one attached hydrogen (secondary N) is 1. The Balaban J connectivity index is 2.07. The van der Waals surface area contributed by atoms with Gasteiger partial charge in [-0.15, -0.1) is 6.42 Å². The van der Waals surface area contributed by atoms with E-state index < -0.39 is 0 Å². The molecule has 0 aliphatic carbocycles. The molecular weight excluding hydrogens is 242 g/mol. The van der Waals surface area contributed by atoms with E-state index in [1.54, 1.807) is 0 Å². The molecule has 0 fully saturated rings. The summed E-state index contributed by atoms with van der Waals surface area (Å²) in [6.45, 7) is 2.73. The van der Waals surface area contributed by atoms with Gasteiger partial charge in [-0.3, -0.25) is 0 Å².